The van der Waals surface area contributed by atoms with Gasteiger partial charge < -0.3 is 5.84 Å². The zero-order chi connectivity index (χ0) is 9.14. The van der Waals surface area contributed by atoms with E-state index < -0.39 is 0 Å². The molecule has 1 heterocycles. The van der Waals surface area contributed by atoms with Crippen molar-refractivity contribution >= 4 is 28.9 Å². The minimum Gasteiger partial charge on any atom is -0.323 e. The molecule has 0 aliphatic rings. The first kappa shape index (κ1) is 9.29. The van der Waals surface area contributed by atoms with Crippen LogP contribution in [0.4, 0.5) is 0 Å². The van der Waals surface area contributed by atoms with Crippen LogP contribution in [0, 0.1) is 0 Å². The molecule has 0 amide bonds. The lowest BCUT2D eigenvalue weighted by Gasteiger charge is -1.99. The molecule has 12 heavy (non-hydrogen) atoms. The molecular weight excluding hydrogens is 197 g/mol. The van der Waals surface area contributed by atoms with Crippen molar-refractivity contribution in [1.29, 1.82) is 0 Å². The molecule has 5 heteroatoms. The Balaban J connectivity index is 3.17. The number of rotatable bonds is 1. The molecule has 0 saturated heterocycles. The van der Waals surface area contributed by atoms with E-state index >= 15 is 0 Å². The summed E-state index contributed by atoms with van der Waals surface area (Å²) in [6.45, 7) is 1.73. The number of aromatic nitrogens is 1. The molecule has 0 aliphatic carbocycles. The van der Waals surface area contributed by atoms with E-state index in [2.05, 4.69) is 10.1 Å². The Morgan fingerprint density at radius 1 is 1.50 bits per heavy atom. The van der Waals surface area contributed by atoms with Gasteiger partial charge in [0, 0.05) is 5.02 Å². The van der Waals surface area contributed by atoms with E-state index in [0.29, 0.717) is 21.6 Å². The Hall–Kier alpha value is -0.800. The van der Waals surface area contributed by atoms with Gasteiger partial charge in [0.05, 0.1) is 11.4 Å². The molecule has 0 radical (unpaired) electrons. The van der Waals surface area contributed by atoms with Crippen molar-refractivity contribution in [3.05, 3.63) is 28.0 Å². The number of hydrazone groups is 1. The van der Waals surface area contributed by atoms with E-state index in [4.69, 9.17) is 29.0 Å². The van der Waals surface area contributed by atoms with E-state index in [1.807, 2.05) is 0 Å². The van der Waals surface area contributed by atoms with E-state index in [0.717, 1.165) is 0 Å². The smallest absolute Gasteiger partial charge is 0.131 e. The molecule has 0 unspecified atom stereocenters. The van der Waals surface area contributed by atoms with Crippen LogP contribution in [-0.4, -0.2) is 10.7 Å². The lowest BCUT2D eigenvalue weighted by molar-refractivity contribution is 1.20. The quantitative estimate of drug-likeness (QED) is 0.329. The molecule has 0 spiro atoms. The van der Waals surface area contributed by atoms with Crippen LogP contribution in [0.3, 0.4) is 0 Å². The van der Waals surface area contributed by atoms with Crippen molar-refractivity contribution in [2.24, 2.45) is 10.9 Å². The van der Waals surface area contributed by atoms with E-state index in [1.165, 1.54) is 0 Å². The zero-order valence-corrected chi connectivity index (χ0v) is 7.89. The molecule has 1 rings (SSSR count). The molecule has 0 atom stereocenters. The Morgan fingerprint density at radius 2 is 2.17 bits per heavy atom. The third-order valence-electron chi connectivity index (χ3n) is 1.32. The second kappa shape index (κ2) is 3.74. The van der Waals surface area contributed by atoms with Gasteiger partial charge in [0.2, 0.25) is 0 Å². The summed E-state index contributed by atoms with van der Waals surface area (Å²) in [7, 11) is 0. The largest absolute Gasteiger partial charge is 0.323 e. The Kier molecular flexibility index (Phi) is 2.89. The molecule has 0 aromatic carbocycles. The molecule has 1 aromatic rings. The predicted octanol–water partition coefficient (Wildman–Crippen LogP) is 2.07. The number of nitrogens with zero attached hydrogens (tertiary/aromatic N) is 2. The van der Waals surface area contributed by atoms with Gasteiger partial charge in [0.15, 0.2) is 0 Å². The second-order valence-corrected chi connectivity index (χ2v) is 3.03. The molecule has 0 aliphatic heterocycles. The maximum absolute atomic E-state index is 5.73. The molecule has 0 fully saturated rings. The lowest BCUT2D eigenvalue weighted by Crippen LogP contribution is -2.01. The number of hydrogen-bond acceptors (Lipinski definition) is 3. The van der Waals surface area contributed by atoms with Gasteiger partial charge in [0.25, 0.3) is 0 Å². The number of hydrogen-bond donors (Lipinski definition) is 1. The molecule has 0 bridgehead atoms. The summed E-state index contributed by atoms with van der Waals surface area (Å²) >= 11 is 11.4. The first-order valence-corrected chi connectivity index (χ1v) is 3.97. The first-order chi connectivity index (χ1) is 5.63. The van der Waals surface area contributed by atoms with Gasteiger partial charge in [-0.15, -0.1) is 0 Å². The van der Waals surface area contributed by atoms with Crippen molar-refractivity contribution in [2.45, 2.75) is 6.92 Å². The predicted molar refractivity (Wildman–Crippen MR) is 50.7 cm³/mol. The fourth-order valence-electron chi connectivity index (χ4n) is 0.717. The maximum atomic E-state index is 5.73. The molecule has 64 valence electrons. The summed E-state index contributed by atoms with van der Waals surface area (Å²) in [6.07, 6.45) is 0. The summed E-state index contributed by atoms with van der Waals surface area (Å²) in [5.41, 5.74) is 1.19. The van der Waals surface area contributed by atoms with E-state index in [-0.39, 0.29) is 0 Å². The monoisotopic (exact) mass is 203 g/mol. The summed E-state index contributed by atoms with van der Waals surface area (Å²) in [4.78, 5) is 3.97. The van der Waals surface area contributed by atoms with Crippen LogP contribution in [0.25, 0.3) is 0 Å². The van der Waals surface area contributed by atoms with Crippen LogP contribution in [-0.2, 0) is 0 Å². The van der Waals surface area contributed by atoms with Crippen LogP contribution in [0.5, 0.6) is 0 Å². The number of halogens is 2. The standard InChI is InChI=1S/C7H7Cl2N3/c1-4(12-10)6-2-5(8)3-7(9)11-6/h2-3H,10H2,1H3/b12-4+. The number of nitrogens with two attached hydrogens (primary N) is 1. The minimum atomic E-state index is 0.334. The molecule has 3 nitrogen and oxygen atoms in total. The van der Waals surface area contributed by atoms with E-state index in [9.17, 15) is 0 Å². The third kappa shape index (κ3) is 2.09. The average Bonchev–Trinajstić information content (AvgIpc) is 2.01. The number of pyridine rings is 1. The van der Waals surface area contributed by atoms with Gasteiger partial charge in [0.1, 0.15) is 5.15 Å². The van der Waals surface area contributed by atoms with Crippen LogP contribution in [0.1, 0.15) is 12.6 Å². The first-order valence-electron chi connectivity index (χ1n) is 3.21. The highest BCUT2D eigenvalue weighted by Gasteiger charge is 2.02. The zero-order valence-electron chi connectivity index (χ0n) is 6.38. The Morgan fingerprint density at radius 3 is 2.67 bits per heavy atom. The van der Waals surface area contributed by atoms with Gasteiger partial charge in [-0.05, 0) is 19.1 Å². The third-order valence-corrected chi connectivity index (χ3v) is 1.74. The summed E-state index contributed by atoms with van der Waals surface area (Å²) in [6, 6.07) is 3.20. The molecule has 0 saturated carbocycles. The van der Waals surface area contributed by atoms with Gasteiger partial charge >= 0.3 is 0 Å². The van der Waals surface area contributed by atoms with Crippen molar-refractivity contribution in [2.75, 3.05) is 0 Å². The highest BCUT2D eigenvalue weighted by atomic mass is 35.5. The summed E-state index contributed by atoms with van der Waals surface area (Å²) in [5, 5.41) is 4.33. The minimum absolute atomic E-state index is 0.334. The van der Waals surface area contributed by atoms with Crippen molar-refractivity contribution in [3.8, 4) is 0 Å². The van der Waals surface area contributed by atoms with Crippen LogP contribution in [0.15, 0.2) is 17.2 Å². The summed E-state index contributed by atoms with van der Waals surface area (Å²) < 4.78 is 0. The highest BCUT2D eigenvalue weighted by Crippen LogP contribution is 2.15. The van der Waals surface area contributed by atoms with Crippen molar-refractivity contribution in [3.63, 3.8) is 0 Å². The Labute approximate surface area is 80.2 Å². The van der Waals surface area contributed by atoms with Gasteiger partial charge in [-0.25, -0.2) is 4.98 Å². The topological polar surface area (TPSA) is 51.3 Å². The molecule has 1 aromatic heterocycles. The van der Waals surface area contributed by atoms with Crippen LogP contribution >= 0.6 is 23.2 Å². The van der Waals surface area contributed by atoms with E-state index in [1.54, 1.807) is 19.1 Å². The van der Waals surface area contributed by atoms with Gasteiger partial charge in [-0.2, -0.15) is 5.10 Å². The fourth-order valence-corrected chi connectivity index (χ4v) is 1.19. The lowest BCUT2D eigenvalue weighted by atomic mass is 10.3. The van der Waals surface area contributed by atoms with Crippen molar-refractivity contribution in [1.82, 2.24) is 4.98 Å². The Bertz CT molecular complexity index is 302. The maximum Gasteiger partial charge on any atom is 0.131 e. The fraction of sp³-hybridized carbons (Fsp3) is 0.143. The highest BCUT2D eigenvalue weighted by molar-refractivity contribution is 6.34. The SMILES string of the molecule is C/C(=N\N)c1cc(Cl)cc(Cl)n1. The van der Waals surface area contributed by atoms with Crippen LogP contribution < -0.4 is 5.84 Å². The average molecular weight is 204 g/mol. The second-order valence-electron chi connectivity index (χ2n) is 2.21. The van der Waals surface area contributed by atoms with Crippen LogP contribution in [0.2, 0.25) is 10.2 Å². The molecular formula is C7H7Cl2N3. The van der Waals surface area contributed by atoms with Gasteiger partial charge in [-0.3, -0.25) is 0 Å². The van der Waals surface area contributed by atoms with Crippen molar-refractivity contribution < 1.29 is 0 Å². The van der Waals surface area contributed by atoms with Gasteiger partial charge in [-0.1, -0.05) is 23.2 Å². The normalized spacial score (nSPS) is 11.8. The summed E-state index contributed by atoms with van der Waals surface area (Å²) in [5.74, 6) is 5.07. The molecule has 2 N–H and O–H groups in total.